The molecule has 0 radical (unpaired) electrons. The van der Waals surface area contributed by atoms with E-state index in [1.165, 1.54) is 24.3 Å². The first kappa shape index (κ1) is 25.2. The molecule has 0 spiro atoms. The molecule has 0 aromatic heterocycles. The summed E-state index contributed by atoms with van der Waals surface area (Å²) in [6.45, 7) is 0. The maximum atomic E-state index is 13.3. The maximum absolute atomic E-state index is 13.3. The molecule has 0 saturated carbocycles. The van der Waals surface area contributed by atoms with E-state index in [9.17, 15) is 39.4 Å². The standard InChI is InChI=1S/C20H17NO11S3/c1-31-34(27,28)12-3-4-13-11(7-12)8-14(19(13)22)18-20(23)17-15(21-18)5-10(9-33(24,25)26)6-16(17)35(29,30)32-2/h3-7,21H,8-9H2,1-2H3,(H,24,25,26)/b18-14-. The monoisotopic (exact) mass is 543 g/mol. The first-order valence-electron chi connectivity index (χ1n) is 9.64. The van der Waals surface area contributed by atoms with Crippen molar-refractivity contribution >= 4 is 47.6 Å². The largest absolute Gasteiger partial charge is 0.351 e. The van der Waals surface area contributed by atoms with E-state index in [4.69, 9.17) is 0 Å². The molecule has 2 aromatic carbocycles. The van der Waals surface area contributed by atoms with E-state index >= 15 is 0 Å². The van der Waals surface area contributed by atoms with Gasteiger partial charge in [-0.05, 0) is 41.5 Å². The van der Waals surface area contributed by atoms with Gasteiger partial charge in [-0.3, -0.25) is 22.5 Å². The Bertz CT molecular complexity index is 1670. The van der Waals surface area contributed by atoms with Crippen molar-refractivity contribution in [1.82, 2.24) is 0 Å². The number of Topliss-reactive ketones (excluding diaryl/α,β-unsaturated/α-hetero) is 2. The van der Waals surface area contributed by atoms with Crippen LogP contribution in [0, 0.1) is 0 Å². The number of benzene rings is 2. The van der Waals surface area contributed by atoms with Crippen molar-refractivity contribution in [1.29, 1.82) is 0 Å². The second-order valence-corrected chi connectivity index (χ2v) is 12.5. The molecule has 1 aliphatic heterocycles. The van der Waals surface area contributed by atoms with Crippen molar-refractivity contribution in [3.8, 4) is 0 Å². The van der Waals surface area contributed by atoms with Crippen molar-refractivity contribution in [2.24, 2.45) is 0 Å². The van der Waals surface area contributed by atoms with Gasteiger partial charge in [0.05, 0.1) is 36.1 Å². The zero-order valence-corrected chi connectivity index (χ0v) is 20.5. The van der Waals surface area contributed by atoms with Gasteiger partial charge in [-0.25, -0.2) is 0 Å². The third-order valence-corrected chi connectivity index (χ3v) is 8.75. The summed E-state index contributed by atoms with van der Waals surface area (Å²) in [5.74, 6) is -2.36. The lowest BCUT2D eigenvalue weighted by atomic mass is 10.0. The van der Waals surface area contributed by atoms with Crippen LogP contribution in [0.15, 0.2) is 51.4 Å². The average Bonchev–Trinajstić information content (AvgIpc) is 3.28. The fraction of sp³-hybridized carbons (Fsp3) is 0.200. The third-order valence-electron chi connectivity index (χ3n) is 5.49. The van der Waals surface area contributed by atoms with E-state index in [2.05, 4.69) is 13.7 Å². The van der Waals surface area contributed by atoms with Crippen LogP contribution < -0.4 is 5.32 Å². The number of hydrogen-bond acceptors (Lipinski definition) is 11. The molecule has 1 heterocycles. The number of ketones is 2. The van der Waals surface area contributed by atoms with Gasteiger partial charge in [-0.15, -0.1) is 0 Å². The molecular weight excluding hydrogens is 526 g/mol. The molecule has 0 saturated heterocycles. The second kappa shape index (κ2) is 8.32. The van der Waals surface area contributed by atoms with Crippen molar-refractivity contribution in [3.05, 3.63) is 63.9 Å². The molecule has 0 fully saturated rings. The highest BCUT2D eigenvalue weighted by Crippen LogP contribution is 2.39. The van der Waals surface area contributed by atoms with E-state index in [-0.39, 0.29) is 45.0 Å². The minimum atomic E-state index is -4.54. The Kier molecular flexibility index (Phi) is 5.98. The number of allylic oxidation sites excluding steroid dienone is 2. The molecule has 0 unspecified atom stereocenters. The number of rotatable bonds is 6. The molecule has 0 amide bonds. The molecule has 12 nitrogen and oxygen atoms in total. The molecule has 2 N–H and O–H groups in total. The SMILES string of the molecule is COS(=O)(=O)c1ccc2c(c1)C/C(=C1/Nc3cc(CS(=O)(=O)O)cc(S(=O)(=O)OC)c3C1=O)C2=O. The van der Waals surface area contributed by atoms with Crippen LogP contribution in [0.2, 0.25) is 0 Å². The Labute approximate surface area is 200 Å². The van der Waals surface area contributed by atoms with Crippen LogP contribution in [0.25, 0.3) is 0 Å². The molecule has 35 heavy (non-hydrogen) atoms. The Morgan fingerprint density at radius 3 is 2.17 bits per heavy atom. The number of hydrogen-bond donors (Lipinski definition) is 2. The number of carbonyl (C=O) groups excluding carboxylic acids is 2. The molecule has 4 rings (SSSR count). The fourth-order valence-electron chi connectivity index (χ4n) is 3.94. The molecule has 2 aliphatic rings. The maximum Gasteiger partial charge on any atom is 0.297 e. The first-order chi connectivity index (χ1) is 16.2. The number of anilines is 1. The van der Waals surface area contributed by atoms with Crippen molar-refractivity contribution in [3.63, 3.8) is 0 Å². The van der Waals surface area contributed by atoms with Gasteiger partial charge >= 0.3 is 0 Å². The Morgan fingerprint density at radius 1 is 0.914 bits per heavy atom. The topological polar surface area (TPSA) is 187 Å². The summed E-state index contributed by atoms with van der Waals surface area (Å²) in [5.41, 5.74) is -0.411. The van der Waals surface area contributed by atoms with E-state index in [0.29, 0.717) is 5.56 Å². The lowest BCUT2D eigenvalue weighted by Gasteiger charge is -2.09. The van der Waals surface area contributed by atoms with Gasteiger partial charge in [0.25, 0.3) is 30.4 Å². The van der Waals surface area contributed by atoms with Crippen LogP contribution >= 0.6 is 0 Å². The van der Waals surface area contributed by atoms with Crippen LogP contribution in [0.4, 0.5) is 5.69 Å². The van der Waals surface area contributed by atoms with Crippen molar-refractivity contribution in [2.75, 3.05) is 19.5 Å². The van der Waals surface area contributed by atoms with Crippen LogP contribution in [0.3, 0.4) is 0 Å². The van der Waals surface area contributed by atoms with E-state index in [1.54, 1.807) is 0 Å². The summed E-state index contributed by atoms with van der Waals surface area (Å²) < 4.78 is 89.8. The predicted octanol–water partition coefficient (Wildman–Crippen LogP) is 1.05. The lowest BCUT2D eigenvalue weighted by molar-refractivity contribution is 0.100. The van der Waals surface area contributed by atoms with Crippen molar-refractivity contribution in [2.45, 2.75) is 22.0 Å². The number of nitrogens with one attached hydrogen (secondary N) is 1. The highest BCUT2D eigenvalue weighted by molar-refractivity contribution is 7.87. The minimum Gasteiger partial charge on any atom is -0.351 e. The van der Waals surface area contributed by atoms with Gasteiger partial charge in [0.15, 0.2) is 5.78 Å². The number of fused-ring (bicyclic) bond motifs is 2. The van der Waals surface area contributed by atoms with Crippen LogP contribution in [0.5, 0.6) is 0 Å². The van der Waals surface area contributed by atoms with E-state index < -0.39 is 52.6 Å². The second-order valence-electron chi connectivity index (χ2n) is 7.62. The Hall–Kier alpha value is -2.95. The zero-order valence-electron chi connectivity index (χ0n) is 18.1. The Balaban J connectivity index is 1.85. The van der Waals surface area contributed by atoms with Gasteiger partial charge in [0.1, 0.15) is 10.6 Å². The average molecular weight is 544 g/mol. The molecule has 15 heteroatoms. The molecule has 0 bridgehead atoms. The fourth-order valence-corrected chi connectivity index (χ4v) is 6.17. The van der Waals surface area contributed by atoms with Gasteiger partial charge in [-0.2, -0.15) is 25.3 Å². The highest BCUT2D eigenvalue weighted by atomic mass is 32.2. The normalized spacial score (nSPS) is 17.9. The predicted molar refractivity (Wildman–Crippen MR) is 120 cm³/mol. The molecule has 186 valence electrons. The quantitative estimate of drug-likeness (QED) is 0.300. The smallest absolute Gasteiger partial charge is 0.297 e. The van der Waals surface area contributed by atoms with Crippen LogP contribution in [0.1, 0.15) is 31.8 Å². The van der Waals surface area contributed by atoms with Crippen LogP contribution in [-0.2, 0) is 50.9 Å². The van der Waals surface area contributed by atoms with Gasteiger partial charge in [-0.1, -0.05) is 0 Å². The molecular formula is C20H17NO11S3. The lowest BCUT2D eigenvalue weighted by Crippen LogP contribution is -2.12. The van der Waals surface area contributed by atoms with Gasteiger partial charge in [0, 0.05) is 17.6 Å². The molecule has 0 atom stereocenters. The first-order valence-corrected chi connectivity index (χ1v) is 14.1. The summed E-state index contributed by atoms with van der Waals surface area (Å²) in [4.78, 5) is 25.5. The summed E-state index contributed by atoms with van der Waals surface area (Å²) in [6, 6.07) is 5.78. The highest BCUT2D eigenvalue weighted by Gasteiger charge is 2.39. The summed E-state index contributed by atoms with van der Waals surface area (Å²) >= 11 is 0. The summed E-state index contributed by atoms with van der Waals surface area (Å²) in [6.07, 6.45) is -0.131. The molecule has 2 aromatic rings. The number of carbonyl (C=O) groups is 2. The van der Waals surface area contributed by atoms with E-state index in [1.807, 2.05) is 0 Å². The third kappa shape index (κ3) is 4.41. The van der Waals surface area contributed by atoms with Crippen molar-refractivity contribution < 1.29 is 47.8 Å². The minimum absolute atomic E-state index is 0.0368. The summed E-state index contributed by atoms with van der Waals surface area (Å²) in [7, 11) is -11.2. The summed E-state index contributed by atoms with van der Waals surface area (Å²) in [5, 5.41) is 2.68. The van der Waals surface area contributed by atoms with Gasteiger partial charge in [0.2, 0.25) is 5.78 Å². The van der Waals surface area contributed by atoms with Gasteiger partial charge < -0.3 is 5.32 Å². The Morgan fingerprint density at radius 2 is 1.57 bits per heavy atom. The zero-order chi connectivity index (χ0) is 25.9. The van der Waals surface area contributed by atoms with Crippen LogP contribution in [-0.4, -0.2) is 55.6 Å². The molecule has 1 aliphatic carbocycles. The van der Waals surface area contributed by atoms with E-state index in [0.717, 1.165) is 20.3 Å².